The van der Waals surface area contributed by atoms with Crippen LogP contribution in [0.1, 0.15) is 0 Å². The molecule has 1 aromatic rings. The van der Waals surface area contributed by atoms with Crippen molar-refractivity contribution < 1.29 is 18.6 Å². The van der Waals surface area contributed by atoms with Crippen LogP contribution in [0.15, 0.2) is 6.07 Å². The SMILES string of the molecule is CNc1nc(N(C)CCOCCO)c(F)cc1F. The highest BCUT2D eigenvalue weighted by Crippen LogP contribution is 2.20. The monoisotopic (exact) mass is 261 g/mol. The smallest absolute Gasteiger partial charge is 0.168 e. The molecule has 0 atom stereocenters. The van der Waals surface area contributed by atoms with E-state index in [2.05, 4.69) is 10.3 Å². The van der Waals surface area contributed by atoms with Gasteiger partial charge in [0.1, 0.15) is 0 Å². The molecule has 0 aliphatic heterocycles. The first-order valence-corrected chi connectivity index (χ1v) is 5.53. The number of rotatable bonds is 7. The van der Waals surface area contributed by atoms with Gasteiger partial charge in [0, 0.05) is 26.7 Å². The van der Waals surface area contributed by atoms with Crippen molar-refractivity contribution in [3.8, 4) is 0 Å². The van der Waals surface area contributed by atoms with Crippen LogP contribution in [0.25, 0.3) is 0 Å². The summed E-state index contributed by atoms with van der Waals surface area (Å²) in [6, 6.07) is 0.791. The third-order valence-corrected chi connectivity index (χ3v) is 2.32. The van der Waals surface area contributed by atoms with E-state index in [9.17, 15) is 8.78 Å². The Kier molecular flexibility index (Phi) is 5.73. The molecule has 1 rings (SSSR count). The molecule has 0 fully saturated rings. The molecule has 0 aliphatic rings. The van der Waals surface area contributed by atoms with Crippen LogP contribution in [0.5, 0.6) is 0 Å². The van der Waals surface area contributed by atoms with Gasteiger partial charge < -0.3 is 20.1 Å². The standard InChI is InChI=1S/C11H17F2N3O2/c1-14-10-8(12)7-9(13)11(15-10)16(2)3-5-18-6-4-17/h7,17H,3-6H2,1-2H3,(H,14,15). The van der Waals surface area contributed by atoms with E-state index < -0.39 is 11.6 Å². The summed E-state index contributed by atoms with van der Waals surface area (Å²) in [6.45, 7) is 0.884. The summed E-state index contributed by atoms with van der Waals surface area (Å²) in [4.78, 5) is 5.37. The Morgan fingerprint density at radius 1 is 1.39 bits per heavy atom. The van der Waals surface area contributed by atoms with Crippen molar-refractivity contribution in [1.82, 2.24) is 4.98 Å². The zero-order valence-corrected chi connectivity index (χ0v) is 10.4. The van der Waals surface area contributed by atoms with Crippen molar-refractivity contribution in [2.45, 2.75) is 0 Å². The van der Waals surface area contributed by atoms with Crippen molar-refractivity contribution in [2.24, 2.45) is 0 Å². The van der Waals surface area contributed by atoms with Gasteiger partial charge in [0.05, 0.1) is 19.8 Å². The van der Waals surface area contributed by atoms with E-state index >= 15 is 0 Å². The molecule has 7 heteroatoms. The van der Waals surface area contributed by atoms with Gasteiger partial charge in [0.2, 0.25) is 0 Å². The Morgan fingerprint density at radius 2 is 2.11 bits per heavy atom. The molecule has 0 unspecified atom stereocenters. The van der Waals surface area contributed by atoms with Crippen LogP contribution < -0.4 is 10.2 Å². The van der Waals surface area contributed by atoms with Crippen molar-refractivity contribution in [3.05, 3.63) is 17.7 Å². The number of halogens is 2. The van der Waals surface area contributed by atoms with E-state index in [-0.39, 0.29) is 24.8 Å². The van der Waals surface area contributed by atoms with Crippen molar-refractivity contribution in [3.63, 3.8) is 0 Å². The van der Waals surface area contributed by atoms with Crippen molar-refractivity contribution >= 4 is 11.6 Å². The fourth-order valence-corrected chi connectivity index (χ4v) is 1.37. The maximum Gasteiger partial charge on any atom is 0.168 e. The highest BCUT2D eigenvalue weighted by molar-refractivity contribution is 5.48. The predicted molar refractivity (Wildman–Crippen MR) is 64.9 cm³/mol. The van der Waals surface area contributed by atoms with Gasteiger partial charge in [-0.2, -0.15) is 0 Å². The quantitative estimate of drug-likeness (QED) is 0.713. The molecule has 0 aromatic carbocycles. The molecule has 0 aliphatic carbocycles. The van der Waals surface area contributed by atoms with Crippen LogP contribution >= 0.6 is 0 Å². The lowest BCUT2D eigenvalue weighted by atomic mass is 10.3. The van der Waals surface area contributed by atoms with E-state index in [0.717, 1.165) is 6.07 Å². The van der Waals surface area contributed by atoms with Crippen LogP contribution in [0.4, 0.5) is 20.4 Å². The number of nitrogens with zero attached hydrogens (tertiary/aromatic N) is 2. The first kappa shape index (κ1) is 14.6. The number of hydrogen-bond donors (Lipinski definition) is 2. The number of aliphatic hydroxyl groups is 1. The first-order valence-electron chi connectivity index (χ1n) is 5.53. The largest absolute Gasteiger partial charge is 0.394 e. The predicted octanol–water partition coefficient (Wildman–Crippen LogP) is 0.847. The number of anilines is 2. The van der Waals surface area contributed by atoms with Crippen molar-refractivity contribution in [2.75, 3.05) is 50.7 Å². The number of pyridine rings is 1. The highest BCUT2D eigenvalue weighted by Gasteiger charge is 2.14. The molecular weight excluding hydrogens is 244 g/mol. The van der Waals surface area contributed by atoms with Gasteiger partial charge in [-0.15, -0.1) is 0 Å². The Bertz CT molecular complexity index is 391. The fourth-order valence-electron chi connectivity index (χ4n) is 1.37. The summed E-state index contributed by atoms with van der Waals surface area (Å²) >= 11 is 0. The van der Waals surface area contributed by atoms with E-state index in [1.807, 2.05) is 0 Å². The minimum Gasteiger partial charge on any atom is -0.394 e. The zero-order chi connectivity index (χ0) is 13.5. The molecule has 0 bridgehead atoms. The Hall–Kier alpha value is -1.47. The molecule has 1 heterocycles. The summed E-state index contributed by atoms with van der Waals surface area (Å²) in [5.74, 6) is -1.41. The number of likely N-dealkylation sites (N-methyl/N-ethyl adjacent to an activating group) is 1. The zero-order valence-electron chi connectivity index (χ0n) is 10.4. The molecule has 0 spiro atoms. The summed E-state index contributed by atoms with van der Waals surface area (Å²) < 4.78 is 31.8. The molecule has 0 amide bonds. The lowest BCUT2D eigenvalue weighted by molar-refractivity contribution is 0.0970. The van der Waals surface area contributed by atoms with Gasteiger partial charge in [-0.25, -0.2) is 13.8 Å². The minimum atomic E-state index is -0.733. The topological polar surface area (TPSA) is 57.6 Å². The Morgan fingerprint density at radius 3 is 2.72 bits per heavy atom. The van der Waals surface area contributed by atoms with Gasteiger partial charge in [-0.05, 0) is 0 Å². The molecule has 2 N–H and O–H groups in total. The second-order valence-corrected chi connectivity index (χ2v) is 3.63. The fraction of sp³-hybridized carbons (Fsp3) is 0.545. The number of ether oxygens (including phenoxy) is 1. The van der Waals surface area contributed by atoms with Gasteiger partial charge >= 0.3 is 0 Å². The minimum absolute atomic E-state index is 0.00507. The normalized spacial score (nSPS) is 10.5. The van der Waals surface area contributed by atoms with Crippen molar-refractivity contribution in [1.29, 1.82) is 0 Å². The summed E-state index contributed by atoms with van der Waals surface area (Å²) in [5, 5.41) is 11.1. The second kappa shape index (κ2) is 7.07. The molecule has 0 radical (unpaired) electrons. The molecule has 102 valence electrons. The maximum atomic E-state index is 13.5. The van der Waals surface area contributed by atoms with Crippen LogP contribution in [0, 0.1) is 11.6 Å². The maximum absolute atomic E-state index is 13.5. The molecule has 5 nitrogen and oxygen atoms in total. The average Bonchev–Trinajstić information content (AvgIpc) is 2.34. The van der Waals surface area contributed by atoms with Crippen LogP contribution in [0.2, 0.25) is 0 Å². The van der Waals surface area contributed by atoms with E-state index in [1.165, 1.54) is 11.9 Å². The second-order valence-electron chi connectivity index (χ2n) is 3.63. The number of aliphatic hydroxyl groups excluding tert-OH is 1. The van der Waals surface area contributed by atoms with Gasteiger partial charge in [0.15, 0.2) is 23.3 Å². The van der Waals surface area contributed by atoms with E-state index in [0.29, 0.717) is 13.2 Å². The highest BCUT2D eigenvalue weighted by atomic mass is 19.1. The molecule has 0 saturated carbocycles. The number of aromatic nitrogens is 1. The third kappa shape index (κ3) is 3.78. The van der Waals surface area contributed by atoms with E-state index in [1.54, 1.807) is 7.05 Å². The molecule has 18 heavy (non-hydrogen) atoms. The summed E-state index contributed by atoms with van der Waals surface area (Å²) in [5.41, 5.74) is 0. The Balaban J connectivity index is 2.69. The molecule has 1 aromatic heterocycles. The average molecular weight is 261 g/mol. The van der Waals surface area contributed by atoms with Crippen LogP contribution in [0.3, 0.4) is 0 Å². The lowest BCUT2D eigenvalue weighted by Crippen LogP contribution is -2.25. The van der Waals surface area contributed by atoms with E-state index in [4.69, 9.17) is 9.84 Å². The lowest BCUT2D eigenvalue weighted by Gasteiger charge is -2.19. The van der Waals surface area contributed by atoms with Crippen LogP contribution in [-0.2, 0) is 4.74 Å². The first-order chi connectivity index (χ1) is 8.60. The molecule has 0 saturated heterocycles. The number of nitrogens with one attached hydrogen (secondary N) is 1. The summed E-state index contributed by atoms with van der Waals surface area (Å²) in [6.07, 6.45) is 0. The Labute approximate surface area is 104 Å². The van der Waals surface area contributed by atoms with Gasteiger partial charge in [0.25, 0.3) is 0 Å². The van der Waals surface area contributed by atoms with Gasteiger partial charge in [-0.1, -0.05) is 0 Å². The van der Waals surface area contributed by atoms with Crippen LogP contribution in [-0.4, -0.2) is 50.6 Å². The van der Waals surface area contributed by atoms with Gasteiger partial charge in [-0.3, -0.25) is 0 Å². The summed E-state index contributed by atoms with van der Waals surface area (Å²) in [7, 11) is 3.14. The molecular formula is C11H17F2N3O2. The third-order valence-electron chi connectivity index (χ3n) is 2.32. The number of hydrogen-bond acceptors (Lipinski definition) is 5.